The number of fused-ring (bicyclic) bond motifs is 2. The van der Waals surface area contributed by atoms with Crippen LogP contribution in [-0.4, -0.2) is 27.4 Å². The molecular formula is C23H19BrN4O. The van der Waals surface area contributed by atoms with E-state index < -0.39 is 0 Å². The van der Waals surface area contributed by atoms with E-state index in [2.05, 4.69) is 73.7 Å². The monoisotopic (exact) mass is 446 g/mol. The average molecular weight is 447 g/mol. The molecule has 0 fully saturated rings. The van der Waals surface area contributed by atoms with Gasteiger partial charge in [0.1, 0.15) is 10.1 Å². The Kier molecular flexibility index (Phi) is 4.56. The lowest BCUT2D eigenvalue weighted by Crippen LogP contribution is -2.38. The number of hydrogen-bond acceptors (Lipinski definition) is 2. The second-order valence-electron chi connectivity index (χ2n) is 7.18. The number of aromatic amines is 1. The molecule has 5 nitrogen and oxygen atoms in total. The smallest absolute Gasteiger partial charge is 0.322 e. The second kappa shape index (κ2) is 7.37. The van der Waals surface area contributed by atoms with Crippen molar-refractivity contribution in [1.82, 2.24) is 14.9 Å². The first kappa shape index (κ1) is 17.9. The molecule has 0 saturated heterocycles. The van der Waals surface area contributed by atoms with Crippen molar-refractivity contribution in [2.45, 2.75) is 13.0 Å². The Hall–Kier alpha value is -3.12. The summed E-state index contributed by atoms with van der Waals surface area (Å²) in [6.45, 7) is 1.30. The number of hydrogen-bond donors (Lipinski definition) is 2. The summed E-state index contributed by atoms with van der Waals surface area (Å²) in [7, 11) is 0. The zero-order chi connectivity index (χ0) is 19.8. The predicted molar refractivity (Wildman–Crippen MR) is 119 cm³/mol. The highest BCUT2D eigenvalue weighted by Crippen LogP contribution is 2.27. The number of benzene rings is 2. The maximum atomic E-state index is 12.9. The minimum absolute atomic E-state index is 0.106. The van der Waals surface area contributed by atoms with Gasteiger partial charge in [0.2, 0.25) is 0 Å². The van der Waals surface area contributed by atoms with E-state index in [-0.39, 0.29) is 6.03 Å². The van der Waals surface area contributed by atoms with E-state index in [0.29, 0.717) is 18.8 Å². The van der Waals surface area contributed by atoms with Crippen LogP contribution in [-0.2, 0) is 13.0 Å². The van der Waals surface area contributed by atoms with Gasteiger partial charge >= 0.3 is 6.03 Å². The highest BCUT2D eigenvalue weighted by atomic mass is 79.9. The fourth-order valence-corrected chi connectivity index (χ4v) is 4.11. The Morgan fingerprint density at radius 2 is 1.90 bits per heavy atom. The zero-order valence-electron chi connectivity index (χ0n) is 15.7. The molecule has 0 aliphatic carbocycles. The molecule has 2 N–H and O–H groups in total. The summed E-state index contributed by atoms with van der Waals surface area (Å²) in [5.41, 5.74) is 7.28. The molecule has 1 aliphatic heterocycles. The summed E-state index contributed by atoms with van der Waals surface area (Å²) in [5, 5.41) is 3.00. The van der Waals surface area contributed by atoms with Gasteiger partial charge in [-0.1, -0.05) is 48.5 Å². The van der Waals surface area contributed by atoms with Gasteiger partial charge in [0.15, 0.2) is 0 Å². The highest BCUT2D eigenvalue weighted by molar-refractivity contribution is 9.10. The van der Waals surface area contributed by atoms with E-state index in [1.54, 1.807) is 6.20 Å². The predicted octanol–water partition coefficient (Wildman–Crippen LogP) is 5.58. The summed E-state index contributed by atoms with van der Waals surface area (Å²) in [6.07, 6.45) is 2.63. The lowest BCUT2D eigenvalue weighted by molar-refractivity contribution is 0.206. The van der Waals surface area contributed by atoms with E-state index in [4.69, 9.17) is 0 Å². The molecule has 0 bridgehead atoms. The third-order valence-electron chi connectivity index (χ3n) is 5.34. The van der Waals surface area contributed by atoms with Crippen molar-refractivity contribution >= 4 is 38.7 Å². The van der Waals surface area contributed by atoms with Crippen LogP contribution in [0.15, 0.2) is 71.5 Å². The highest BCUT2D eigenvalue weighted by Gasteiger charge is 2.22. The fraction of sp³-hybridized carbons (Fsp3) is 0.130. The minimum Gasteiger partial charge on any atom is -0.358 e. The number of anilines is 1. The van der Waals surface area contributed by atoms with Crippen molar-refractivity contribution in [2.75, 3.05) is 11.9 Å². The molecule has 6 heteroatoms. The number of rotatable bonds is 2. The number of carbonyl (C=O) groups is 1. The largest absolute Gasteiger partial charge is 0.358 e. The maximum Gasteiger partial charge on any atom is 0.322 e. The lowest BCUT2D eigenvalue weighted by Gasteiger charge is -2.29. The fourth-order valence-electron chi connectivity index (χ4n) is 3.80. The first-order chi connectivity index (χ1) is 14.2. The Morgan fingerprint density at radius 1 is 1.03 bits per heavy atom. The number of H-pyrrole nitrogens is 1. The Bertz CT molecular complexity index is 1200. The van der Waals surface area contributed by atoms with Crippen LogP contribution in [0.2, 0.25) is 0 Å². The van der Waals surface area contributed by atoms with Crippen LogP contribution in [0.25, 0.3) is 22.2 Å². The average Bonchev–Trinajstić information content (AvgIpc) is 3.15. The van der Waals surface area contributed by atoms with Crippen molar-refractivity contribution in [2.24, 2.45) is 0 Å². The van der Waals surface area contributed by atoms with E-state index in [1.807, 2.05) is 23.1 Å². The molecule has 2 amide bonds. The Labute approximate surface area is 176 Å². The van der Waals surface area contributed by atoms with E-state index >= 15 is 0 Å². The van der Waals surface area contributed by atoms with Crippen molar-refractivity contribution in [3.8, 4) is 11.1 Å². The van der Waals surface area contributed by atoms with Gasteiger partial charge < -0.3 is 15.2 Å². The molecule has 0 spiro atoms. The number of carbonyl (C=O) groups excluding carboxylic acids is 1. The molecule has 0 saturated carbocycles. The van der Waals surface area contributed by atoms with Crippen molar-refractivity contribution in [3.05, 3.63) is 82.6 Å². The summed E-state index contributed by atoms with van der Waals surface area (Å²) >= 11 is 3.39. The normalized spacial score (nSPS) is 13.3. The second-order valence-corrected chi connectivity index (χ2v) is 8.00. The summed E-state index contributed by atoms with van der Waals surface area (Å²) in [6, 6.07) is 20.6. The van der Waals surface area contributed by atoms with Crippen molar-refractivity contribution in [1.29, 1.82) is 0 Å². The Balaban J connectivity index is 1.34. The van der Waals surface area contributed by atoms with Gasteiger partial charge in [-0.2, -0.15) is 0 Å². The van der Waals surface area contributed by atoms with Crippen LogP contribution in [0.3, 0.4) is 0 Å². The molecule has 0 unspecified atom stereocenters. The SMILES string of the molecule is O=C(Nc1c[nH]c2ccc(Br)nc12)N1CCc2cc(-c3ccccc3)ccc2C1. The molecule has 29 heavy (non-hydrogen) atoms. The van der Waals surface area contributed by atoms with Gasteiger partial charge in [-0.05, 0) is 56.7 Å². The molecule has 4 aromatic rings. The van der Waals surface area contributed by atoms with Crippen molar-refractivity contribution in [3.63, 3.8) is 0 Å². The van der Waals surface area contributed by atoms with E-state index in [9.17, 15) is 4.79 Å². The quantitative estimate of drug-likeness (QED) is 0.394. The number of halogens is 1. The van der Waals surface area contributed by atoms with E-state index in [0.717, 1.165) is 22.1 Å². The first-order valence-electron chi connectivity index (χ1n) is 9.54. The molecule has 3 heterocycles. The first-order valence-corrected chi connectivity index (χ1v) is 10.3. The Morgan fingerprint density at radius 3 is 2.76 bits per heavy atom. The van der Waals surface area contributed by atoms with Gasteiger partial charge in [0.05, 0.1) is 11.2 Å². The van der Waals surface area contributed by atoms with Gasteiger partial charge in [-0.3, -0.25) is 0 Å². The standard InChI is InChI=1S/C23H19BrN4O/c24-21-9-8-19-22(27-21)20(13-25-19)26-23(29)28-11-10-17-12-16(6-7-18(17)14-28)15-4-2-1-3-5-15/h1-9,12-13,25H,10-11,14H2,(H,26,29). The summed E-state index contributed by atoms with van der Waals surface area (Å²) in [5.74, 6) is 0. The van der Waals surface area contributed by atoms with E-state index in [1.165, 1.54) is 22.3 Å². The minimum atomic E-state index is -0.106. The molecular weight excluding hydrogens is 428 g/mol. The number of nitrogens with one attached hydrogen (secondary N) is 2. The molecule has 0 atom stereocenters. The zero-order valence-corrected chi connectivity index (χ0v) is 17.2. The number of nitrogens with zero attached hydrogens (tertiary/aromatic N) is 2. The molecule has 0 radical (unpaired) electrons. The summed E-state index contributed by atoms with van der Waals surface area (Å²) < 4.78 is 0.737. The van der Waals surface area contributed by atoms with Gasteiger partial charge in [0.25, 0.3) is 0 Å². The van der Waals surface area contributed by atoms with Gasteiger partial charge in [-0.25, -0.2) is 9.78 Å². The molecule has 2 aromatic heterocycles. The molecule has 2 aromatic carbocycles. The molecule has 1 aliphatic rings. The van der Waals surface area contributed by atoms with Crippen LogP contribution in [0.4, 0.5) is 10.5 Å². The van der Waals surface area contributed by atoms with Gasteiger partial charge in [-0.15, -0.1) is 0 Å². The number of amides is 2. The van der Waals surface area contributed by atoms with Crippen LogP contribution in [0, 0.1) is 0 Å². The van der Waals surface area contributed by atoms with Crippen LogP contribution in [0.1, 0.15) is 11.1 Å². The van der Waals surface area contributed by atoms with Gasteiger partial charge in [0, 0.05) is 19.3 Å². The van der Waals surface area contributed by atoms with Crippen molar-refractivity contribution < 1.29 is 4.79 Å². The summed E-state index contributed by atoms with van der Waals surface area (Å²) in [4.78, 5) is 22.3. The van der Waals surface area contributed by atoms with Crippen LogP contribution < -0.4 is 5.32 Å². The lowest BCUT2D eigenvalue weighted by atomic mass is 9.95. The number of urea groups is 1. The maximum absolute atomic E-state index is 12.9. The third kappa shape index (κ3) is 3.51. The topological polar surface area (TPSA) is 61.0 Å². The van der Waals surface area contributed by atoms with Crippen LogP contribution >= 0.6 is 15.9 Å². The van der Waals surface area contributed by atoms with Crippen LogP contribution in [0.5, 0.6) is 0 Å². The molecule has 144 valence electrons. The molecule has 5 rings (SSSR count). The number of aromatic nitrogens is 2. The number of pyridine rings is 1. The third-order valence-corrected chi connectivity index (χ3v) is 5.78.